The summed E-state index contributed by atoms with van der Waals surface area (Å²) in [5, 5.41) is 0. The van der Waals surface area contributed by atoms with Crippen LogP contribution in [0.3, 0.4) is 0 Å². The molecule has 2 aromatic carbocycles. The van der Waals surface area contributed by atoms with E-state index in [1.807, 2.05) is 31.9 Å². The summed E-state index contributed by atoms with van der Waals surface area (Å²) in [6.07, 6.45) is 4.86. The first kappa shape index (κ1) is 37.4. The van der Waals surface area contributed by atoms with Gasteiger partial charge < -0.3 is 18.9 Å². The molecule has 0 aliphatic carbocycles. The number of piperazine rings is 1. The molecule has 1 aromatic heterocycles. The smallest absolute Gasteiger partial charge is 0.253 e. The highest BCUT2D eigenvalue weighted by atomic mass is 16.5. The van der Waals surface area contributed by atoms with Crippen LogP contribution in [0.1, 0.15) is 87.9 Å². The van der Waals surface area contributed by atoms with Crippen molar-refractivity contribution < 1.29 is 14.3 Å². The van der Waals surface area contributed by atoms with Crippen LogP contribution in [0.5, 0.6) is 11.5 Å². The first-order valence-electron chi connectivity index (χ1n) is 18.0. The summed E-state index contributed by atoms with van der Waals surface area (Å²) in [4.78, 5) is 33.2. The molecule has 1 unspecified atom stereocenters. The number of hydrogen-bond donors (Lipinski definition) is 0. The molecule has 8 heteroatoms. The van der Waals surface area contributed by atoms with Gasteiger partial charge in [0.15, 0.2) is 0 Å². The van der Waals surface area contributed by atoms with Gasteiger partial charge >= 0.3 is 0 Å². The van der Waals surface area contributed by atoms with E-state index in [2.05, 4.69) is 87.8 Å². The van der Waals surface area contributed by atoms with Crippen molar-refractivity contribution >= 4 is 5.91 Å². The number of benzene rings is 2. The van der Waals surface area contributed by atoms with E-state index in [1.165, 1.54) is 16.7 Å². The minimum Gasteiger partial charge on any atom is -0.496 e. The normalized spacial score (nSPS) is 18.6. The molecule has 1 fully saturated rings. The minimum absolute atomic E-state index is 0.0165. The highest BCUT2D eigenvalue weighted by Crippen LogP contribution is 2.39. The molecular weight excluding hydrogens is 624 g/mol. The summed E-state index contributed by atoms with van der Waals surface area (Å²) in [6.45, 7) is 24.2. The fraction of sp³-hybridized carbons (Fsp3) is 0.524. The van der Waals surface area contributed by atoms with Crippen molar-refractivity contribution in [2.24, 2.45) is 12.5 Å². The first-order valence-corrected chi connectivity index (χ1v) is 18.0. The lowest BCUT2D eigenvalue weighted by Crippen LogP contribution is -2.58. The van der Waals surface area contributed by atoms with Gasteiger partial charge in [-0.05, 0) is 93.3 Å². The van der Waals surface area contributed by atoms with Crippen molar-refractivity contribution in [3.05, 3.63) is 91.9 Å². The number of nitrogens with zero attached hydrogens (tertiary/aromatic N) is 4. The zero-order chi connectivity index (χ0) is 36.7. The Kier molecular flexibility index (Phi) is 10.8. The molecule has 1 amide bonds. The molecule has 50 heavy (non-hydrogen) atoms. The van der Waals surface area contributed by atoms with E-state index in [1.54, 1.807) is 25.8 Å². The van der Waals surface area contributed by atoms with E-state index in [9.17, 15) is 9.59 Å². The number of hydrogen-bond acceptors (Lipinski definition) is 6. The van der Waals surface area contributed by atoms with Gasteiger partial charge in [-0.3, -0.25) is 19.4 Å². The van der Waals surface area contributed by atoms with Gasteiger partial charge in [-0.1, -0.05) is 45.0 Å². The molecule has 0 spiro atoms. The highest BCUT2D eigenvalue weighted by molar-refractivity contribution is 5.93. The van der Waals surface area contributed by atoms with Crippen LogP contribution in [0.4, 0.5) is 0 Å². The summed E-state index contributed by atoms with van der Waals surface area (Å²) in [5.74, 6) is 1.71. The van der Waals surface area contributed by atoms with Gasteiger partial charge in [-0.15, -0.1) is 0 Å². The van der Waals surface area contributed by atoms with Crippen LogP contribution < -0.4 is 15.0 Å². The van der Waals surface area contributed by atoms with Crippen molar-refractivity contribution in [3.8, 4) is 22.6 Å². The number of pyridine rings is 1. The fourth-order valence-corrected chi connectivity index (χ4v) is 8.02. The zero-order valence-electron chi connectivity index (χ0n) is 32.5. The Morgan fingerprint density at radius 1 is 1.00 bits per heavy atom. The summed E-state index contributed by atoms with van der Waals surface area (Å²) in [6, 6.07) is 10.8. The van der Waals surface area contributed by atoms with Crippen LogP contribution in [0.25, 0.3) is 11.1 Å². The number of fused-ring (bicyclic) bond motifs is 1. The van der Waals surface area contributed by atoms with Crippen LogP contribution >= 0.6 is 0 Å². The number of ether oxygens (including phenoxy) is 2. The van der Waals surface area contributed by atoms with Gasteiger partial charge in [0, 0.05) is 74.8 Å². The second kappa shape index (κ2) is 14.4. The number of rotatable bonds is 8. The molecule has 2 aliphatic heterocycles. The third kappa shape index (κ3) is 7.57. The molecule has 1 atom stereocenters. The lowest BCUT2D eigenvalue weighted by atomic mass is 9.88. The summed E-state index contributed by atoms with van der Waals surface area (Å²) in [7, 11) is 5.22. The summed E-state index contributed by atoms with van der Waals surface area (Å²) in [5.41, 5.74) is 9.45. The lowest BCUT2D eigenvalue weighted by molar-refractivity contribution is -0.129. The zero-order valence-corrected chi connectivity index (χ0v) is 32.5. The van der Waals surface area contributed by atoms with E-state index in [0.717, 1.165) is 84.0 Å². The Hall–Kier alpha value is -3.88. The molecule has 5 rings (SSSR count). The number of allylic oxidation sites excluding steroid dienone is 1. The molecule has 270 valence electrons. The number of methoxy groups -OCH3 is 2. The van der Waals surface area contributed by atoms with Gasteiger partial charge in [-0.25, -0.2) is 0 Å². The van der Waals surface area contributed by atoms with E-state index in [0.29, 0.717) is 6.54 Å². The first-order chi connectivity index (χ1) is 23.4. The predicted octanol–water partition coefficient (Wildman–Crippen LogP) is 7.22. The second-order valence-electron chi connectivity index (χ2n) is 16.1. The average Bonchev–Trinajstić information content (AvgIpc) is 3.05. The van der Waals surface area contributed by atoms with Crippen molar-refractivity contribution in [2.75, 3.05) is 40.4 Å². The Morgan fingerprint density at radius 2 is 1.66 bits per heavy atom. The van der Waals surface area contributed by atoms with E-state index in [-0.39, 0.29) is 28.5 Å². The van der Waals surface area contributed by atoms with Gasteiger partial charge in [0.2, 0.25) is 5.91 Å². The van der Waals surface area contributed by atoms with Crippen LogP contribution in [0.2, 0.25) is 0 Å². The number of amides is 1. The van der Waals surface area contributed by atoms with Gasteiger partial charge in [-0.2, -0.15) is 0 Å². The second-order valence-corrected chi connectivity index (χ2v) is 16.1. The Balaban J connectivity index is 1.33. The summed E-state index contributed by atoms with van der Waals surface area (Å²) >= 11 is 0. The predicted molar refractivity (Wildman–Crippen MR) is 203 cm³/mol. The topological polar surface area (TPSA) is 67.2 Å². The number of carbonyl (C=O) groups excluding carboxylic acids is 1. The molecule has 1 saturated heterocycles. The third-order valence-electron chi connectivity index (χ3n) is 10.8. The minimum atomic E-state index is -0.0966. The molecule has 0 saturated carbocycles. The molecule has 0 bridgehead atoms. The number of carbonyl (C=O) groups is 1. The van der Waals surface area contributed by atoms with Crippen molar-refractivity contribution in [1.82, 2.24) is 19.3 Å². The standard InChI is InChI=1S/C42H58N4O4/c1-27(22-41(5,6)7)39(47)46-17-16-34-31(14-13-15-33(34)30(46)4)23-44-18-19-45(42(8,9)26-44)25-36-37(49-11)20-32(21-38(36)50-12)35-24-43(10)40(48)29(3)28(35)2/h13-15,20-22,24,30H,16-19,23,25-26H2,1-12H3/b27-22+. The number of aryl methyl sites for hydroxylation is 1. The van der Waals surface area contributed by atoms with Gasteiger partial charge in [0.05, 0.1) is 25.8 Å². The summed E-state index contributed by atoms with van der Waals surface area (Å²) < 4.78 is 13.6. The Labute approximate surface area is 299 Å². The van der Waals surface area contributed by atoms with E-state index in [4.69, 9.17) is 9.47 Å². The van der Waals surface area contributed by atoms with Crippen LogP contribution in [-0.4, -0.2) is 71.1 Å². The molecule has 2 aliphatic rings. The maximum Gasteiger partial charge on any atom is 0.253 e. The molecule has 3 aromatic rings. The van der Waals surface area contributed by atoms with Crippen molar-refractivity contribution in [2.45, 2.75) is 93.4 Å². The van der Waals surface area contributed by atoms with Crippen molar-refractivity contribution in [3.63, 3.8) is 0 Å². The van der Waals surface area contributed by atoms with Gasteiger partial charge in [0.1, 0.15) is 11.5 Å². The van der Waals surface area contributed by atoms with Gasteiger partial charge in [0.25, 0.3) is 5.56 Å². The molecule has 0 radical (unpaired) electrons. The quantitative estimate of drug-likeness (QED) is 0.234. The lowest BCUT2D eigenvalue weighted by Gasteiger charge is -2.47. The van der Waals surface area contributed by atoms with Crippen molar-refractivity contribution in [1.29, 1.82) is 0 Å². The maximum absolute atomic E-state index is 13.5. The molecule has 0 N–H and O–H groups in total. The average molecular weight is 683 g/mol. The molecular formula is C42H58N4O4. The maximum atomic E-state index is 13.5. The SMILES string of the molecule is COc1cc(-c2cn(C)c(=O)c(C)c2C)cc(OC)c1CN1CCN(Cc2cccc3c2CCN(C(=O)/C(C)=C/C(C)(C)C)C3C)CC1(C)C. The third-order valence-corrected chi connectivity index (χ3v) is 10.8. The van der Waals surface area contributed by atoms with Crippen LogP contribution in [0, 0.1) is 19.3 Å². The Bertz CT molecular complexity index is 1820. The molecule has 3 heterocycles. The van der Waals surface area contributed by atoms with E-state index < -0.39 is 0 Å². The monoisotopic (exact) mass is 682 g/mol. The number of aromatic nitrogens is 1. The Morgan fingerprint density at radius 3 is 2.26 bits per heavy atom. The molecule has 8 nitrogen and oxygen atoms in total. The van der Waals surface area contributed by atoms with E-state index >= 15 is 0 Å². The highest BCUT2D eigenvalue weighted by Gasteiger charge is 2.36. The fourth-order valence-electron chi connectivity index (χ4n) is 8.02. The largest absolute Gasteiger partial charge is 0.496 e. The van der Waals surface area contributed by atoms with Crippen LogP contribution in [-0.2, 0) is 31.4 Å². The van der Waals surface area contributed by atoms with Crippen LogP contribution in [0.15, 0.2) is 53.0 Å².